The molecule has 1 heterocycles. The molecule has 23 heavy (non-hydrogen) atoms. The van der Waals surface area contributed by atoms with Crippen molar-refractivity contribution in [2.75, 3.05) is 33.4 Å². The summed E-state index contributed by atoms with van der Waals surface area (Å²) in [7, 11) is 6.68. The van der Waals surface area contributed by atoms with Crippen molar-refractivity contribution in [2.24, 2.45) is 0 Å². The summed E-state index contributed by atoms with van der Waals surface area (Å²) in [6.45, 7) is 0.929. The van der Waals surface area contributed by atoms with Gasteiger partial charge < -0.3 is 20.6 Å². The monoisotopic (exact) mass is 324 g/mol. The molecule has 0 saturated carbocycles. The van der Waals surface area contributed by atoms with Crippen molar-refractivity contribution in [3.8, 4) is 0 Å². The van der Waals surface area contributed by atoms with Gasteiger partial charge in [-0.1, -0.05) is 0 Å². The van der Waals surface area contributed by atoms with Crippen molar-refractivity contribution in [1.82, 2.24) is 20.8 Å². The molecule has 1 aliphatic rings. The normalized spacial score (nSPS) is 17.4. The highest BCUT2D eigenvalue weighted by atomic mass is 16.5. The van der Waals surface area contributed by atoms with Gasteiger partial charge in [-0.2, -0.15) is 0 Å². The summed E-state index contributed by atoms with van der Waals surface area (Å²) in [5.74, 6) is -1.23. The Hall–Kier alpha value is -1.94. The maximum Gasteiger partial charge on any atom is 0.245 e. The number of ether oxygens (including phenoxy) is 1. The molecule has 0 aromatic carbocycles. The molecule has 0 aromatic heterocycles. The Morgan fingerprint density at radius 3 is 2.35 bits per heavy atom. The number of carbonyl (C=O) groups excluding carboxylic acids is 4. The Morgan fingerprint density at radius 2 is 1.83 bits per heavy atom. The van der Waals surface area contributed by atoms with Crippen LogP contribution >= 0.6 is 0 Å². The van der Waals surface area contributed by atoms with Crippen molar-refractivity contribution in [3.05, 3.63) is 0 Å². The maximum absolute atomic E-state index is 11.8. The van der Waals surface area contributed by atoms with Crippen molar-refractivity contribution >= 4 is 31.6 Å². The molecule has 0 spiro atoms. The van der Waals surface area contributed by atoms with E-state index in [2.05, 4.69) is 15.9 Å². The van der Waals surface area contributed by atoms with Crippen molar-refractivity contribution in [1.29, 1.82) is 0 Å². The summed E-state index contributed by atoms with van der Waals surface area (Å²) >= 11 is 0. The lowest BCUT2D eigenvalue weighted by atomic mass is 10.2. The van der Waals surface area contributed by atoms with E-state index in [9.17, 15) is 19.2 Å². The van der Waals surface area contributed by atoms with Crippen LogP contribution in [-0.2, 0) is 23.9 Å². The van der Waals surface area contributed by atoms with Crippen molar-refractivity contribution < 1.29 is 23.9 Å². The highest BCUT2D eigenvalue weighted by Crippen LogP contribution is 2.12. The van der Waals surface area contributed by atoms with Gasteiger partial charge in [-0.3, -0.25) is 24.1 Å². The van der Waals surface area contributed by atoms with Gasteiger partial charge in [0, 0.05) is 39.6 Å². The minimum atomic E-state index is -0.715. The zero-order valence-electron chi connectivity index (χ0n) is 13.1. The number of nitrogens with zero attached hydrogens (tertiary/aromatic N) is 1. The van der Waals surface area contributed by atoms with E-state index in [1.165, 1.54) is 7.11 Å². The van der Waals surface area contributed by atoms with E-state index in [1.54, 1.807) is 0 Å². The lowest BCUT2D eigenvalue weighted by Gasteiger charge is -2.14. The van der Waals surface area contributed by atoms with Gasteiger partial charge in [-0.15, -0.1) is 0 Å². The summed E-state index contributed by atoms with van der Waals surface area (Å²) in [5.41, 5.74) is 0. The van der Waals surface area contributed by atoms with E-state index < -0.39 is 11.9 Å². The number of methoxy groups -OCH3 is 1. The van der Waals surface area contributed by atoms with Gasteiger partial charge in [0.25, 0.3) is 0 Å². The molecule has 1 atom stereocenters. The third kappa shape index (κ3) is 6.37. The van der Waals surface area contributed by atoms with Crippen LogP contribution < -0.4 is 15.9 Å². The fourth-order valence-corrected chi connectivity index (χ4v) is 2.04. The number of rotatable bonds is 10. The summed E-state index contributed by atoms with van der Waals surface area (Å²) in [6, 6.07) is -0.715. The molecule has 4 amide bonds. The Morgan fingerprint density at radius 1 is 1.22 bits per heavy atom. The number of likely N-dealkylation sites (tertiary alicyclic amines) is 1. The number of hydrogen-bond acceptors (Lipinski definition) is 6. The van der Waals surface area contributed by atoms with Crippen molar-refractivity contribution in [3.63, 3.8) is 0 Å². The molecule has 10 heteroatoms. The van der Waals surface area contributed by atoms with Crippen LogP contribution in [0.15, 0.2) is 0 Å². The topological polar surface area (TPSA) is 117 Å². The van der Waals surface area contributed by atoms with Crippen LogP contribution in [0.5, 0.6) is 0 Å². The number of amides is 4. The van der Waals surface area contributed by atoms with Gasteiger partial charge in [0.05, 0.1) is 19.1 Å². The third-order valence-corrected chi connectivity index (χ3v) is 3.31. The largest absolute Gasteiger partial charge is 0.384 e. The van der Waals surface area contributed by atoms with Gasteiger partial charge in [0.1, 0.15) is 0 Å². The van der Waals surface area contributed by atoms with Crippen LogP contribution in [-0.4, -0.2) is 75.9 Å². The molecule has 0 bridgehead atoms. The highest BCUT2D eigenvalue weighted by Gasteiger charge is 2.37. The van der Waals surface area contributed by atoms with E-state index in [-0.39, 0.29) is 50.1 Å². The lowest BCUT2D eigenvalue weighted by Crippen LogP contribution is -2.40. The molecule has 0 aliphatic carbocycles. The second-order valence-electron chi connectivity index (χ2n) is 5.00. The first-order valence-corrected chi connectivity index (χ1v) is 7.32. The minimum absolute atomic E-state index is 0.00442. The molecule has 1 saturated heterocycles. The van der Waals surface area contributed by atoms with Gasteiger partial charge in [0.15, 0.2) is 7.98 Å². The summed E-state index contributed by atoms with van der Waals surface area (Å²) in [6.07, 6.45) is 0.275. The van der Waals surface area contributed by atoms with Gasteiger partial charge in [-0.25, -0.2) is 0 Å². The predicted molar refractivity (Wildman–Crippen MR) is 81.1 cm³/mol. The predicted octanol–water partition coefficient (Wildman–Crippen LogP) is -2.55. The molecule has 1 fully saturated rings. The number of nitrogens with one attached hydrogen (secondary N) is 3. The average Bonchev–Trinajstić information content (AvgIpc) is 2.81. The van der Waals surface area contributed by atoms with E-state index in [0.29, 0.717) is 13.2 Å². The molecule has 0 aromatic rings. The third-order valence-electron chi connectivity index (χ3n) is 3.31. The zero-order valence-corrected chi connectivity index (χ0v) is 13.1. The summed E-state index contributed by atoms with van der Waals surface area (Å²) in [5, 5.41) is 7.49. The Balaban J connectivity index is 2.16. The van der Waals surface area contributed by atoms with E-state index in [1.807, 2.05) is 0 Å². The first kappa shape index (κ1) is 19.1. The zero-order chi connectivity index (χ0) is 17.2. The molecule has 2 radical (unpaired) electrons. The van der Waals surface area contributed by atoms with E-state index in [4.69, 9.17) is 12.7 Å². The number of hydrogen-bond donors (Lipinski definition) is 3. The van der Waals surface area contributed by atoms with Crippen LogP contribution in [0.3, 0.4) is 0 Å². The molecular weight excluding hydrogens is 303 g/mol. The first-order chi connectivity index (χ1) is 11.0. The van der Waals surface area contributed by atoms with Crippen LogP contribution in [0, 0.1) is 0 Å². The average molecular weight is 324 g/mol. The van der Waals surface area contributed by atoms with E-state index in [0.717, 1.165) is 4.90 Å². The fourth-order valence-electron chi connectivity index (χ4n) is 2.04. The molecular formula is C13H21BN4O5. The number of imide groups is 1. The highest BCUT2D eigenvalue weighted by molar-refractivity contribution is 6.12. The molecule has 1 unspecified atom stereocenters. The van der Waals surface area contributed by atoms with Gasteiger partial charge in [0.2, 0.25) is 23.6 Å². The Labute approximate surface area is 135 Å². The van der Waals surface area contributed by atoms with Crippen LogP contribution in [0.25, 0.3) is 0 Å². The standard InChI is InChI=1S/C13H21BN4O5/c1-23-7-3-11(20)16-5-4-15-10(19)2-6-18-12(21)8-9(17-14)13(18)22/h9,17H,2-8H2,1H3,(H,15,19)(H,16,20). The number of carbonyl (C=O) groups is 4. The Bertz CT molecular complexity index is 460. The van der Waals surface area contributed by atoms with Crippen molar-refractivity contribution in [2.45, 2.75) is 25.3 Å². The van der Waals surface area contributed by atoms with Gasteiger partial charge in [-0.05, 0) is 0 Å². The second-order valence-corrected chi connectivity index (χ2v) is 5.00. The quantitative estimate of drug-likeness (QED) is 0.231. The molecule has 1 rings (SSSR count). The summed E-state index contributed by atoms with van der Waals surface area (Å²) in [4.78, 5) is 47.3. The first-order valence-electron chi connectivity index (χ1n) is 7.32. The summed E-state index contributed by atoms with van der Waals surface area (Å²) < 4.78 is 4.77. The molecule has 3 N–H and O–H groups in total. The van der Waals surface area contributed by atoms with Crippen LogP contribution in [0.4, 0.5) is 0 Å². The second kappa shape index (κ2) is 9.96. The molecule has 1 aliphatic heterocycles. The lowest BCUT2D eigenvalue weighted by molar-refractivity contribution is -0.139. The molecule has 126 valence electrons. The fraction of sp³-hybridized carbons (Fsp3) is 0.692. The smallest absolute Gasteiger partial charge is 0.245 e. The van der Waals surface area contributed by atoms with E-state index >= 15 is 0 Å². The Kier molecular flexibility index (Phi) is 8.27. The van der Waals surface area contributed by atoms with Crippen LogP contribution in [0.1, 0.15) is 19.3 Å². The minimum Gasteiger partial charge on any atom is -0.384 e. The van der Waals surface area contributed by atoms with Gasteiger partial charge >= 0.3 is 0 Å². The van der Waals surface area contributed by atoms with Crippen LogP contribution in [0.2, 0.25) is 0 Å². The SMILES string of the molecule is [B]NC1CC(=O)N(CCC(=O)NCCNC(=O)CCOC)C1=O. The molecule has 9 nitrogen and oxygen atoms in total. The maximum atomic E-state index is 11.8.